The van der Waals surface area contributed by atoms with Crippen LogP contribution in [0.5, 0.6) is 0 Å². The van der Waals surface area contributed by atoms with Crippen molar-refractivity contribution in [2.75, 3.05) is 0 Å². The largest absolute Gasteiger partial charge is 0.228 e. The minimum absolute atomic E-state index is 0.0428. The van der Waals surface area contributed by atoms with Gasteiger partial charge in [-0.1, -0.05) is 163 Å². The summed E-state index contributed by atoms with van der Waals surface area (Å²) in [7, 11) is 0. The van der Waals surface area contributed by atoms with E-state index in [9.17, 15) is 6.85 Å². The van der Waals surface area contributed by atoms with Crippen molar-refractivity contribution in [3.05, 3.63) is 169 Å². The van der Waals surface area contributed by atoms with E-state index in [1.807, 2.05) is 0 Å². The van der Waals surface area contributed by atoms with Gasteiger partial charge in [-0.15, -0.1) is 0 Å². The highest BCUT2D eigenvalue weighted by Gasteiger charge is 2.17. The fraction of sp³-hybridized carbons (Fsp3) is 0. The Labute approximate surface area is 282 Å². The van der Waals surface area contributed by atoms with E-state index in [-0.39, 0.29) is 32.7 Å². The van der Waals surface area contributed by atoms with Gasteiger partial charge in [0, 0.05) is 16.7 Å². The summed E-state index contributed by atoms with van der Waals surface area (Å²) in [5, 5.41) is -1.16. The Balaban J connectivity index is 1.65. The van der Waals surface area contributed by atoms with Crippen LogP contribution in [0.25, 0.3) is 77.7 Å². The average molecular weight is 579 g/mol. The maximum atomic E-state index is 9.77. The van der Waals surface area contributed by atoms with Gasteiger partial charge in [-0.3, -0.25) is 0 Å². The number of benzene rings is 7. The molecule has 8 aromatic rings. The van der Waals surface area contributed by atoms with Crippen molar-refractivity contribution in [2.45, 2.75) is 0 Å². The summed E-state index contributed by atoms with van der Waals surface area (Å²) in [6.07, 6.45) is 0. The SMILES string of the molecule is [2H]c1c(-c2c([2H])c([2H])c(-c3ccccc3)c3c([2H])c([2H])c([2H])c([2H])c23)nc(-c2c([2H])c([2H])c([2H])c([2H])c2[2H])nc1-c1c([2H])c([2H])c(-c2ccccc2)c2c([2H])c([2H])c([2H])c([2H])c12. The number of fused-ring (bicyclic) bond motifs is 2. The lowest BCUT2D eigenvalue weighted by Gasteiger charge is -2.15. The minimum atomic E-state index is -0.803. The molecule has 1 heterocycles. The molecule has 206 valence electrons. The van der Waals surface area contributed by atoms with Crippen LogP contribution in [0.15, 0.2) is 169 Å². The third-order valence-electron chi connectivity index (χ3n) is 6.99. The predicted octanol–water partition coefficient (Wildman–Crippen LogP) is 11.1. The van der Waals surface area contributed by atoms with Gasteiger partial charge in [0.2, 0.25) is 0 Å². The summed E-state index contributed by atoms with van der Waals surface area (Å²) in [6.45, 7) is 0. The lowest BCUT2D eigenvalue weighted by molar-refractivity contribution is 1.19. The molecule has 0 N–H and O–H groups in total. The number of aromatic nitrogens is 2. The highest BCUT2D eigenvalue weighted by molar-refractivity contribution is 6.07. The van der Waals surface area contributed by atoms with Gasteiger partial charge in [-0.2, -0.15) is 0 Å². The fourth-order valence-electron chi connectivity index (χ4n) is 4.99. The predicted molar refractivity (Wildman–Crippen MR) is 184 cm³/mol. The molecule has 7 aromatic carbocycles. The first kappa shape index (κ1) is 13.2. The molecule has 0 aliphatic carbocycles. The summed E-state index contributed by atoms with van der Waals surface area (Å²) < 4.78 is 161. The van der Waals surface area contributed by atoms with Crippen LogP contribution in [0.1, 0.15) is 24.7 Å². The van der Waals surface area contributed by atoms with Gasteiger partial charge in [0.25, 0.3) is 0 Å². The van der Waals surface area contributed by atoms with E-state index in [1.165, 1.54) is 0 Å². The van der Waals surface area contributed by atoms with Crippen LogP contribution in [-0.4, -0.2) is 9.97 Å². The van der Waals surface area contributed by atoms with Gasteiger partial charge in [0.1, 0.15) is 0 Å². The van der Waals surface area contributed by atoms with Gasteiger partial charge in [0.05, 0.1) is 36.1 Å². The normalized spacial score (nSPS) is 16.9. The zero-order chi connectivity index (χ0) is 45.0. The Morgan fingerprint density at radius 3 is 1.20 bits per heavy atom. The molecule has 44 heavy (non-hydrogen) atoms. The van der Waals surface area contributed by atoms with Crippen LogP contribution in [0.2, 0.25) is 0 Å². The van der Waals surface area contributed by atoms with Crippen LogP contribution >= 0.6 is 0 Å². The monoisotopic (exact) mass is 578 g/mol. The fourth-order valence-corrected chi connectivity index (χ4v) is 4.99. The summed E-state index contributed by atoms with van der Waals surface area (Å²) >= 11 is 0. The Bertz CT molecular complexity index is 3060. The van der Waals surface area contributed by atoms with E-state index in [2.05, 4.69) is 9.97 Å². The topological polar surface area (TPSA) is 25.8 Å². The van der Waals surface area contributed by atoms with Crippen molar-refractivity contribution < 1.29 is 24.7 Å². The quantitative estimate of drug-likeness (QED) is 0.203. The molecule has 0 atom stereocenters. The molecule has 2 heteroatoms. The number of hydrogen-bond donors (Lipinski definition) is 0. The zero-order valence-corrected chi connectivity index (χ0v) is 22.7. The first-order valence-electron chi connectivity index (χ1n) is 22.5. The summed E-state index contributed by atoms with van der Waals surface area (Å²) in [5.41, 5.74) is -2.36. The summed E-state index contributed by atoms with van der Waals surface area (Å²) in [4.78, 5) is 8.99. The van der Waals surface area contributed by atoms with Crippen molar-refractivity contribution in [1.29, 1.82) is 0 Å². The number of hydrogen-bond acceptors (Lipinski definition) is 2. The van der Waals surface area contributed by atoms with E-state index >= 15 is 0 Å². The smallest absolute Gasteiger partial charge is 0.160 e. The van der Waals surface area contributed by atoms with E-state index in [4.69, 9.17) is 17.8 Å². The average Bonchev–Trinajstić information content (AvgIpc) is 3.27. The van der Waals surface area contributed by atoms with E-state index in [1.54, 1.807) is 60.7 Å². The van der Waals surface area contributed by atoms with Gasteiger partial charge in [-0.25, -0.2) is 9.97 Å². The molecule has 0 spiro atoms. The molecule has 0 unspecified atom stereocenters. The van der Waals surface area contributed by atoms with Crippen LogP contribution in [0.3, 0.4) is 0 Å². The zero-order valence-electron chi connectivity index (χ0n) is 40.7. The van der Waals surface area contributed by atoms with Crippen molar-refractivity contribution in [1.82, 2.24) is 9.97 Å². The Morgan fingerprint density at radius 2 is 0.750 bits per heavy atom. The number of rotatable bonds is 5. The lowest BCUT2D eigenvalue weighted by Crippen LogP contribution is -1.97. The minimum Gasteiger partial charge on any atom is -0.228 e. The van der Waals surface area contributed by atoms with E-state index < -0.39 is 143 Å². The van der Waals surface area contributed by atoms with Crippen molar-refractivity contribution in [3.8, 4) is 56.2 Å². The summed E-state index contributed by atoms with van der Waals surface area (Å²) in [5.74, 6) is -0.692. The molecule has 8 rings (SSSR count). The molecular formula is C42H28N2. The van der Waals surface area contributed by atoms with Crippen LogP contribution in [0, 0.1) is 0 Å². The molecule has 0 bridgehead atoms. The maximum Gasteiger partial charge on any atom is 0.160 e. The Kier molecular flexibility index (Phi) is 3.33. The maximum absolute atomic E-state index is 9.77. The second-order valence-corrected chi connectivity index (χ2v) is 9.60. The molecular weight excluding hydrogens is 532 g/mol. The first-order chi connectivity index (χ1) is 29.3. The van der Waals surface area contributed by atoms with E-state index in [0.29, 0.717) is 11.1 Å². The number of nitrogens with zero attached hydrogens (tertiary/aromatic N) is 2. The molecule has 0 saturated heterocycles. The highest BCUT2D eigenvalue weighted by Crippen LogP contribution is 2.39. The highest BCUT2D eigenvalue weighted by atomic mass is 14.9. The van der Waals surface area contributed by atoms with Crippen LogP contribution < -0.4 is 0 Å². The van der Waals surface area contributed by atoms with E-state index in [0.717, 1.165) is 0 Å². The lowest BCUT2D eigenvalue weighted by atomic mass is 9.92. The Morgan fingerprint density at radius 1 is 0.364 bits per heavy atom. The molecule has 0 fully saturated rings. The van der Waals surface area contributed by atoms with Crippen LogP contribution in [0.4, 0.5) is 0 Å². The third kappa shape index (κ3) is 4.63. The summed E-state index contributed by atoms with van der Waals surface area (Å²) in [6, 6.07) is 3.64. The van der Waals surface area contributed by atoms with Crippen molar-refractivity contribution in [3.63, 3.8) is 0 Å². The Hall–Kier alpha value is -5.86. The second kappa shape index (κ2) is 11.1. The standard InChI is InChI=1S/C42H28N2/c1-4-14-29(15-5-1)32-24-26-38(36-22-12-10-20-34(32)36)40-28-41(44-42(43-40)31-18-8-3-9-19-31)39-27-25-33(30-16-6-2-7-17-30)35-21-11-13-23-37(35)39/h1-28H/i3D,8D,9D,10D,11D,12D,13D,18D,19D,20D,21D,22D,23D,24D,25D,26D,27D,28D. The second-order valence-electron chi connectivity index (χ2n) is 9.60. The molecule has 0 aliphatic rings. The molecule has 0 aliphatic heterocycles. The third-order valence-corrected chi connectivity index (χ3v) is 6.99. The molecule has 1 aromatic heterocycles. The van der Waals surface area contributed by atoms with Gasteiger partial charge in [-0.05, 0) is 49.8 Å². The van der Waals surface area contributed by atoms with Gasteiger partial charge < -0.3 is 0 Å². The molecule has 2 nitrogen and oxygen atoms in total. The van der Waals surface area contributed by atoms with Gasteiger partial charge in [0.15, 0.2) is 5.82 Å². The molecule has 0 radical (unpaired) electrons. The van der Waals surface area contributed by atoms with Crippen molar-refractivity contribution in [2.24, 2.45) is 0 Å². The molecule has 0 saturated carbocycles. The van der Waals surface area contributed by atoms with Crippen molar-refractivity contribution >= 4 is 21.5 Å². The first-order valence-corrected chi connectivity index (χ1v) is 13.5. The van der Waals surface area contributed by atoms with Gasteiger partial charge >= 0.3 is 0 Å². The molecule has 0 amide bonds. The van der Waals surface area contributed by atoms with Crippen LogP contribution in [-0.2, 0) is 0 Å².